The highest BCUT2D eigenvalue weighted by Gasteiger charge is 2.38. The Morgan fingerprint density at radius 2 is 0.638 bits per heavy atom. The molecule has 0 bridgehead atoms. The minimum atomic E-state index is -1.31. The molecule has 0 N–H and O–H groups in total. The van der Waals surface area contributed by atoms with Crippen LogP contribution in [0.2, 0.25) is 0 Å². The van der Waals surface area contributed by atoms with Gasteiger partial charge in [0.2, 0.25) is 0 Å². The predicted octanol–water partition coefficient (Wildman–Crippen LogP) is 13.1. The molecule has 0 aromatic heterocycles. The van der Waals surface area contributed by atoms with Crippen LogP contribution >= 0.6 is 0 Å². The van der Waals surface area contributed by atoms with Crippen LogP contribution < -0.4 is 0 Å². The van der Waals surface area contributed by atoms with Gasteiger partial charge in [0.1, 0.15) is 31.8 Å². The number of esters is 6. The van der Waals surface area contributed by atoms with E-state index in [1.807, 2.05) is 19.0 Å². The molecule has 0 aromatic carbocycles. The maximum atomic E-state index is 13.5. The van der Waals surface area contributed by atoms with Crippen molar-refractivity contribution in [2.75, 3.05) is 60.3 Å². The zero-order valence-electron chi connectivity index (χ0n) is 45.1. The van der Waals surface area contributed by atoms with E-state index in [0.717, 1.165) is 128 Å². The molecule has 0 amide bonds. The smallest absolute Gasteiger partial charge is 0.306 e. The Hall–Kier alpha value is -3.22. The van der Waals surface area contributed by atoms with Crippen molar-refractivity contribution in [1.29, 1.82) is 0 Å². The molecule has 0 heterocycles. The van der Waals surface area contributed by atoms with Crippen LogP contribution in [0.3, 0.4) is 0 Å². The third kappa shape index (κ3) is 43.3. The van der Waals surface area contributed by atoms with Gasteiger partial charge in [0, 0.05) is 38.5 Å². The summed E-state index contributed by atoms with van der Waals surface area (Å²) in [5, 5.41) is 0. The Morgan fingerprint density at radius 1 is 0.348 bits per heavy atom. The third-order valence-electron chi connectivity index (χ3n) is 12.6. The molecule has 0 radical (unpaired) electrons. The fourth-order valence-corrected chi connectivity index (χ4v) is 8.02. The number of unbranched alkanes of at least 4 members (excludes halogenated alkanes) is 20. The number of hydrogen-bond acceptors (Lipinski definition) is 13. The predicted molar refractivity (Wildman–Crippen MR) is 275 cm³/mol. The van der Waals surface area contributed by atoms with Gasteiger partial charge in [-0.15, -0.1) is 0 Å². The summed E-state index contributed by atoms with van der Waals surface area (Å²) >= 11 is 0. The van der Waals surface area contributed by atoms with E-state index in [1.165, 1.54) is 38.5 Å². The molecule has 0 aliphatic rings. The maximum Gasteiger partial charge on any atom is 0.306 e. The highest BCUT2D eigenvalue weighted by atomic mass is 16.6. The van der Waals surface area contributed by atoms with E-state index >= 15 is 0 Å². The molecule has 13 nitrogen and oxygen atoms in total. The second kappa shape index (κ2) is 47.1. The van der Waals surface area contributed by atoms with Crippen LogP contribution in [0.5, 0.6) is 0 Å². The quantitative estimate of drug-likeness (QED) is 0.0322. The van der Waals surface area contributed by atoms with Crippen LogP contribution in [-0.4, -0.2) is 101 Å². The fourth-order valence-electron chi connectivity index (χ4n) is 8.02. The molecule has 404 valence electrons. The lowest BCUT2D eigenvalue weighted by atomic mass is 9.91. The van der Waals surface area contributed by atoms with E-state index < -0.39 is 23.3 Å². The summed E-state index contributed by atoms with van der Waals surface area (Å²) in [6, 6.07) is 0. The van der Waals surface area contributed by atoms with Gasteiger partial charge in [-0.05, 0) is 84.3 Å². The van der Waals surface area contributed by atoms with Crippen LogP contribution in [0, 0.1) is 11.3 Å². The van der Waals surface area contributed by atoms with Gasteiger partial charge in [-0.2, -0.15) is 0 Å². The highest BCUT2D eigenvalue weighted by molar-refractivity contribution is 5.71. The number of nitrogens with zero attached hydrogens (tertiary/aromatic N) is 1. The molecule has 0 atom stereocenters. The van der Waals surface area contributed by atoms with Gasteiger partial charge in [-0.25, -0.2) is 0 Å². The molecule has 0 saturated carbocycles. The second-order valence-corrected chi connectivity index (χ2v) is 19.9. The zero-order chi connectivity index (χ0) is 51.1. The molecule has 0 spiro atoms. The van der Waals surface area contributed by atoms with Crippen LogP contribution in [0.15, 0.2) is 0 Å². The van der Waals surface area contributed by atoms with Crippen molar-refractivity contribution in [2.24, 2.45) is 11.3 Å². The Morgan fingerprint density at radius 3 is 1.00 bits per heavy atom. The fraction of sp³-hybridized carbons (Fsp3) is 0.893. The largest absolute Gasteiger partial charge is 0.466 e. The normalized spacial score (nSPS) is 11.5. The van der Waals surface area contributed by atoms with E-state index in [0.29, 0.717) is 51.9 Å². The van der Waals surface area contributed by atoms with Crippen LogP contribution in [-0.2, 0) is 57.2 Å². The van der Waals surface area contributed by atoms with Gasteiger partial charge in [0.25, 0.3) is 0 Å². The van der Waals surface area contributed by atoms with Crippen molar-refractivity contribution < 1.29 is 57.2 Å². The summed E-state index contributed by atoms with van der Waals surface area (Å²) < 4.78 is 34.2. The summed E-state index contributed by atoms with van der Waals surface area (Å²) in [5.41, 5.74) is -1.31. The number of hydrogen-bond donors (Lipinski definition) is 0. The van der Waals surface area contributed by atoms with Gasteiger partial charge in [0.15, 0.2) is 0 Å². The Kier molecular flexibility index (Phi) is 44.9. The number of carbonyl (C=O) groups is 6. The molecule has 69 heavy (non-hydrogen) atoms. The highest BCUT2D eigenvalue weighted by Crippen LogP contribution is 2.26. The zero-order valence-corrected chi connectivity index (χ0v) is 45.1. The maximum absolute atomic E-state index is 13.5. The first kappa shape index (κ1) is 65.8. The standard InChI is InChI=1S/C56H103NO12/c1-7-11-15-23-31-42-64-50(58)36-27-19-17-21-29-38-52(60)66-45-56(47-68-54(62)40-33-41-57(5)6,48-69-55(63)44-49(34-25-13-9-3)35-26-14-10-4)46-67-53(61)39-30-22-18-20-28-37-51(59)65-43-32-24-16-12-8-2/h49H,7-48H2,1-6H3. The average Bonchev–Trinajstić information content (AvgIpc) is 3.32. The van der Waals surface area contributed by atoms with Crippen LogP contribution in [0.25, 0.3) is 0 Å². The molecule has 0 aromatic rings. The molecule has 0 aliphatic heterocycles. The minimum absolute atomic E-state index is 0.155. The van der Waals surface area contributed by atoms with Gasteiger partial charge in [-0.1, -0.05) is 156 Å². The van der Waals surface area contributed by atoms with E-state index in [4.69, 9.17) is 28.4 Å². The Balaban J connectivity index is 5.58. The SMILES string of the molecule is CCCCCCCOC(=O)CCCCCCCC(=O)OCC(COC(=O)CCCCCCCC(=O)OCCCCCCC)(COC(=O)CCCN(C)C)COC(=O)CC(CCCCC)CCCCC. The molecular weight excluding hydrogens is 879 g/mol. The summed E-state index contributed by atoms with van der Waals surface area (Å²) in [5.74, 6) is -1.83. The number of carbonyl (C=O) groups excluding carboxylic acids is 6. The number of rotatable bonds is 50. The molecule has 0 unspecified atom stereocenters. The van der Waals surface area contributed by atoms with Gasteiger partial charge in [-0.3, -0.25) is 28.8 Å². The average molecular weight is 982 g/mol. The third-order valence-corrected chi connectivity index (χ3v) is 12.6. The topological polar surface area (TPSA) is 161 Å². The molecular formula is C56H103NO12. The van der Waals surface area contributed by atoms with Crippen molar-refractivity contribution in [1.82, 2.24) is 4.90 Å². The first-order chi connectivity index (χ1) is 33.4. The van der Waals surface area contributed by atoms with Crippen molar-refractivity contribution in [3.8, 4) is 0 Å². The van der Waals surface area contributed by atoms with E-state index in [9.17, 15) is 28.8 Å². The van der Waals surface area contributed by atoms with Crippen molar-refractivity contribution in [3.63, 3.8) is 0 Å². The minimum Gasteiger partial charge on any atom is -0.466 e. The molecule has 0 rings (SSSR count). The van der Waals surface area contributed by atoms with E-state index in [-0.39, 0.29) is 75.9 Å². The summed E-state index contributed by atoms with van der Waals surface area (Å²) in [7, 11) is 3.86. The van der Waals surface area contributed by atoms with Crippen LogP contribution in [0.4, 0.5) is 0 Å². The first-order valence-electron chi connectivity index (χ1n) is 28.0. The van der Waals surface area contributed by atoms with Crippen molar-refractivity contribution >= 4 is 35.8 Å². The summed E-state index contributed by atoms with van der Waals surface area (Å²) in [6.07, 6.45) is 29.3. The molecule has 0 fully saturated rings. The Labute approximate surface area is 420 Å². The monoisotopic (exact) mass is 982 g/mol. The first-order valence-corrected chi connectivity index (χ1v) is 28.0. The van der Waals surface area contributed by atoms with E-state index in [2.05, 4.69) is 27.7 Å². The van der Waals surface area contributed by atoms with Gasteiger partial charge >= 0.3 is 35.8 Å². The Bertz CT molecular complexity index is 1220. The van der Waals surface area contributed by atoms with Gasteiger partial charge in [0.05, 0.1) is 13.2 Å². The molecule has 13 heteroatoms. The summed E-state index contributed by atoms with van der Waals surface area (Å²) in [4.78, 5) is 79.2. The van der Waals surface area contributed by atoms with Crippen molar-refractivity contribution in [3.05, 3.63) is 0 Å². The molecule has 0 saturated heterocycles. The lowest BCUT2D eigenvalue weighted by Crippen LogP contribution is -2.44. The van der Waals surface area contributed by atoms with Crippen LogP contribution in [0.1, 0.15) is 252 Å². The van der Waals surface area contributed by atoms with E-state index in [1.54, 1.807) is 0 Å². The summed E-state index contributed by atoms with van der Waals surface area (Å²) in [6.45, 7) is 9.28. The lowest BCUT2D eigenvalue weighted by Gasteiger charge is -2.32. The van der Waals surface area contributed by atoms with Crippen molar-refractivity contribution in [2.45, 2.75) is 252 Å². The number of ether oxygens (including phenoxy) is 6. The second-order valence-electron chi connectivity index (χ2n) is 19.9. The molecule has 0 aliphatic carbocycles. The lowest BCUT2D eigenvalue weighted by molar-refractivity contribution is -0.171. The van der Waals surface area contributed by atoms with Gasteiger partial charge < -0.3 is 33.3 Å².